The van der Waals surface area contributed by atoms with Gasteiger partial charge in [0, 0.05) is 51.2 Å². The highest BCUT2D eigenvalue weighted by molar-refractivity contribution is 6.04. The molecule has 1 aromatic carbocycles. The number of nitrogens with one attached hydrogen (secondary N) is 1. The molecule has 2 saturated heterocycles. The Morgan fingerprint density at radius 2 is 1.93 bits per heavy atom. The van der Waals surface area contributed by atoms with E-state index >= 15 is 0 Å². The van der Waals surface area contributed by atoms with Gasteiger partial charge in [0.25, 0.3) is 5.91 Å². The molecule has 6 heteroatoms. The monoisotopic (exact) mass is 380 g/mol. The summed E-state index contributed by atoms with van der Waals surface area (Å²) in [5.74, 6) is 1.50. The smallest absolute Gasteiger partial charge is 0.257 e. The highest BCUT2D eigenvalue weighted by Crippen LogP contribution is 2.18. The van der Waals surface area contributed by atoms with E-state index in [9.17, 15) is 4.79 Å². The number of hydrogen-bond donors (Lipinski definition) is 1. The predicted octanol–water partition coefficient (Wildman–Crippen LogP) is 2.80. The van der Waals surface area contributed by atoms with Crippen LogP contribution in [0.3, 0.4) is 0 Å². The lowest BCUT2D eigenvalue weighted by molar-refractivity contribution is 0.102. The van der Waals surface area contributed by atoms with E-state index in [1.807, 2.05) is 43.3 Å². The molecule has 1 N–H and O–H groups in total. The lowest BCUT2D eigenvalue weighted by atomic mass is 10.1. The van der Waals surface area contributed by atoms with Gasteiger partial charge >= 0.3 is 0 Å². The largest absolute Gasteiger partial charge is 0.381 e. The quantitative estimate of drug-likeness (QED) is 0.864. The molecule has 0 saturated carbocycles. The molecular formula is C22H28N4O2. The number of rotatable bonds is 5. The van der Waals surface area contributed by atoms with Crippen LogP contribution in [0.5, 0.6) is 0 Å². The number of aromatic nitrogens is 1. The van der Waals surface area contributed by atoms with Crippen LogP contribution >= 0.6 is 0 Å². The van der Waals surface area contributed by atoms with E-state index in [0.29, 0.717) is 11.5 Å². The predicted molar refractivity (Wildman–Crippen MR) is 111 cm³/mol. The van der Waals surface area contributed by atoms with Crippen molar-refractivity contribution < 1.29 is 9.53 Å². The van der Waals surface area contributed by atoms with Crippen molar-refractivity contribution in [3.8, 4) is 0 Å². The molecule has 1 atom stereocenters. The summed E-state index contributed by atoms with van der Waals surface area (Å²) in [7, 11) is 0. The van der Waals surface area contributed by atoms with Gasteiger partial charge in [-0.3, -0.25) is 9.69 Å². The summed E-state index contributed by atoms with van der Waals surface area (Å²) in [6, 6.07) is 11.6. The van der Waals surface area contributed by atoms with Crippen molar-refractivity contribution in [2.45, 2.75) is 13.3 Å². The molecule has 0 radical (unpaired) electrons. The third-order valence-electron chi connectivity index (χ3n) is 5.56. The lowest BCUT2D eigenvalue weighted by Gasteiger charge is -2.36. The molecule has 2 aliphatic rings. The van der Waals surface area contributed by atoms with E-state index in [0.717, 1.165) is 57.4 Å². The van der Waals surface area contributed by atoms with Crippen LogP contribution in [0.2, 0.25) is 0 Å². The minimum Gasteiger partial charge on any atom is -0.381 e. The number of anilines is 2. The minimum atomic E-state index is -0.133. The molecule has 1 unspecified atom stereocenters. The number of carbonyl (C=O) groups is 1. The summed E-state index contributed by atoms with van der Waals surface area (Å²) in [4.78, 5) is 21.8. The van der Waals surface area contributed by atoms with Gasteiger partial charge in [-0.05, 0) is 43.5 Å². The number of ether oxygens (including phenoxy) is 1. The number of piperazine rings is 1. The number of pyridine rings is 1. The maximum atomic E-state index is 12.4. The third kappa shape index (κ3) is 4.69. The third-order valence-corrected chi connectivity index (χ3v) is 5.56. The van der Waals surface area contributed by atoms with Gasteiger partial charge in [-0.25, -0.2) is 4.98 Å². The number of carbonyl (C=O) groups excluding carboxylic acids is 1. The average Bonchev–Trinajstić information content (AvgIpc) is 3.23. The molecule has 3 heterocycles. The Labute approximate surface area is 166 Å². The van der Waals surface area contributed by atoms with Crippen LogP contribution < -0.4 is 10.2 Å². The van der Waals surface area contributed by atoms with Gasteiger partial charge in [-0.1, -0.05) is 17.7 Å². The van der Waals surface area contributed by atoms with Crippen molar-refractivity contribution in [2.75, 3.05) is 56.2 Å². The van der Waals surface area contributed by atoms with Crippen LogP contribution in [0.25, 0.3) is 0 Å². The van der Waals surface area contributed by atoms with Crippen LogP contribution in [0.1, 0.15) is 22.3 Å². The minimum absolute atomic E-state index is 0.133. The van der Waals surface area contributed by atoms with Gasteiger partial charge in [0.2, 0.25) is 0 Å². The number of hydrogen-bond acceptors (Lipinski definition) is 5. The standard InChI is InChI=1S/C22H28N4O2/c1-17-2-5-20(6-3-17)24-22(27)19-4-7-21(23-14-19)26-11-9-25(10-12-26)15-18-8-13-28-16-18/h2-7,14,18H,8-13,15-16H2,1H3,(H,24,27). The maximum absolute atomic E-state index is 12.4. The number of aryl methyl sites for hydroxylation is 1. The van der Waals surface area contributed by atoms with Gasteiger partial charge in [0.1, 0.15) is 5.82 Å². The second-order valence-electron chi connectivity index (χ2n) is 7.74. The Balaban J connectivity index is 1.29. The second kappa shape index (κ2) is 8.71. The summed E-state index contributed by atoms with van der Waals surface area (Å²) in [6.07, 6.45) is 2.86. The average molecular weight is 380 g/mol. The first-order valence-electron chi connectivity index (χ1n) is 10.1. The van der Waals surface area contributed by atoms with E-state index in [1.54, 1.807) is 6.20 Å². The van der Waals surface area contributed by atoms with Crippen molar-refractivity contribution in [3.05, 3.63) is 53.7 Å². The molecule has 148 valence electrons. The van der Waals surface area contributed by atoms with E-state index in [4.69, 9.17) is 4.74 Å². The second-order valence-corrected chi connectivity index (χ2v) is 7.74. The first kappa shape index (κ1) is 18.9. The van der Waals surface area contributed by atoms with E-state index in [-0.39, 0.29) is 5.91 Å². The number of amides is 1. The highest BCUT2D eigenvalue weighted by Gasteiger charge is 2.23. The number of benzene rings is 1. The van der Waals surface area contributed by atoms with Crippen LogP contribution in [0.4, 0.5) is 11.5 Å². The normalized spacial score (nSPS) is 20.3. The molecular weight excluding hydrogens is 352 g/mol. The summed E-state index contributed by atoms with van der Waals surface area (Å²) in [6.45, 7) is 9.02. The molecule has 0 bridgehead atoms. The van der Waals surface area contributed by atoms with Crippen molar-refractivity contribution in [1.29, 1.82) is 0 Å². The van der Waals surface area contributed by atoms with Gasteiger partial charge in [0.15, 0.2) is 0 Å². The fourth-order valence-corrected chi connectivity index (χ4v) is 3.80. The summed E-state index contributed by atoms with van der Waals surface area (Å²) in [5, 5.41) is 2.92. The Hall–Kier alpha value is -2.44. The van der Waals surface area contributed by atoms with Crippen molar-refractivity contribution in [2.24, 2.45) is 5.92 Å². The highest BCUT2D eigenvalue weighted by atomic mass is 16.5. The van der Waals surface area contributed by atoms with E-state index in [1.165, 1.54) is 12.0 Å². The molecule has 2 aliphatic heterocycles. The fourth-order valence-electron chi connectivity index (χ4n) is 3.80. The zero-order valence-electron chi connectivity index (χ0n) is 16.4. The maximum Gasteiger partial charge on any atom is 0.257 e. The molecule has 2 fully saturated rings. The van der Waals surface area contributed by atoms with Gasteiger partial charge in [-0.15, -0.1) is 0 Å². The van der Waals surface area contributed by atoms with Gasteiger partial charge in [-0.2, -0.15) is 0 Å². The number of nitrogens with zero attached hydrogens (tertiary/aromatic N) is 3. The first-order valence-corrected chi connectivity index (χ1v) is 10.1. The molecule has 2 aromatic rings. The molecule has 4 rings (SSSR count). The summed E-state index contributed by atoms with van der Waals surface area (Å²) >= 11 is 0. The van der Waals surface area contributed by atoms with Crippen molar-refractivity contribution >= 4 is 17.4 Å². The molecule has 1 amide bonds. The zero-order valence-corrected chi connectivity index (χ0v) is 16.4. The Morgan fingerprint density at radius 3 is 2.57 bits per heavy atom. The molecule has 28 heavy (non-hydrogen) atoms. The van der Waals surface area contributed by atoms with Crippen LogP contribution in [-0.2, 0) is 4.74 Å². The zero-order chi connectivity index (χ0) is 19.3. The Kier molecular flexibility index (Phi) is 5.88. The van der Waals surface area contributed by atoms with Crippen molar-refractivity contribution in [1.82, 2.24) is 9.88 Å². The summed E-state index contributed by atoms with van der Waals surface area (Å²) < 4.78 is 5.48. The Bertz CT molecular complexity index is 777. The SMILES string of the molecule is Cc1ccc(NC(=O)c2ccc(N3CCN(CC4CCOC4)CC3)nc2)cc1. The fraction of sp³-hybridized carbons (Fsp3) is 0.455. The first-order chi connectivity index (χ1) is 13.7. The molecule has 6 nitrogen and oxygen atoms in total. The van der Waals surface area contributed by atoms with Gasteiger partial charge < -0.3 is 15.0 Å². The van der Waals surface area contributed by atoms with Crippen LogP contribution in [0, 0.1) is 12.8 Å². The molecule has 1 aromatic heterocycles. The van der Waals surface area contributed by atoms with Crippen molar-refractivity contribution in [3.63, 3.8) is 0 Å². The topological polar surface area (TPSA) is 57.7 Å². The van der Waals surface area contributed by atoms with Crippen LogP contribution in [0.15, 0.2) is 42.6 Å². The summed E-state index contributed by atoms with van der Waals surface area (Å²) in [5.41, 5.74) is 2.54. The van der Waals surface area contributed by atoms with Crippen LogP contribution in [-0.4, -0.2) is 61.7 Å². The lowest BCUT2D eigenvalue weighted by Crippen LogP contribution is -2.48. The Morgan fingerprint density at radius 1 is 1.14 bits per heavy atom. The molecule has 0 aliphatic carbocycles. The van der Waals surface area contributed by atoms with Gasteiger partial charge in [0.05, 0.1) is 12.2 Å². The van der Waals surface area contributed by atoms with E-state index < -0.39 is 0 Å². The molecule has 0 spiro atoms. The van der Waals surface area contributed by atoms with E-state index in [2.05, 4.69) is 20.1 Å².